The lowest BCUT2D eigenvalue weighted by molar-refractivity contribution is -0.143. The van der Waals surface area contributed by atoms with Crippen molar-refractivity contribution in [2.45, 2.75) is 418 Å². The van der Waals surface area contributed by atoms with E-state index in [1.54, 1.807) is 6.08 Å². The number of nitrogens with one attached hydrogen (secondary N) is 1. The van der Waals surface area contributed by atoms with Crippen molar-refractivity contribution in [2.24, 2.45) is 0 Å². The Labute approximate surface area is 506 Å². The predicted molar refractivity (Wildman–Crippen MR) is 356 cm³/mol. The molecule has 3 N–H and O–H groups in total. The second-order valence-corrected chi connectivity index (χ2v) is 25.3. The van der Waals surface area contributed by atoms with Gasteiger partial charge in [-0.15, -0.1) is 0 Å². The van der Waals surface area contributed by atoms with E-state index in [0.717, 1.165) is 44.9 Å². The normalized spacial score (nSPS) is 12.7. The Bertz CT molecular complexity index is 1310. The number of hydrogen-bond donors (Lipinski definition) is 3. The largest absolute Gasteiger partial charge is 0.466 e. The maximum absolute atomic E-state index is 12.5. The topological polar surface area (TPSA) is 95.9 Å². The van der Waals surface area contributed by atoms with Crippen LogP contribution in [0.2, 0.25) is 0 Å². The molecule has 0 saturated carbocycles. The Morgan fingerprint density at radius 2 is 0.617 bits per heavy atom. The maximum Gasteiger partial charge on any atom is 0.305 e. The van der Waals surface area contributed by atoms with Crippen molar-refractivity contribution in [1.82, 2.24) is 5.32 Å². The first-order valence-corrected chi connectivity index (χ1v) is 36.8. The molecular formula is C75H143NO5. The van der Waals surface area contributed by atoms with E-state index in [9.17, 15) is 19.8 Å². The van der Waals surface area contributed by atoms with Gasteiger partial charge >= 0.3 is 5.97 Å². The molecule has 6 heteroatoms. The molecular weight excluding hydrogens is 995 g/mol. The molecule has 0 saturated heterocycles. The van der Waals surface area contributed by atoms with Gasteiger partial charge in [0.1, 0.15) is 0 Å². The molecule has 0 aliphatic rings. The van der Waals surface area contributed by atoms with Crippen LogP contribution in [0.5, 0.6) is 0 Å². The van der Waals surface area contributed by atoms with Crippen LogP contribution in [0.4, 0.5) is 0 Å². The molecule has 0 fully saturated rings. The first-order chi connectivity index (χ1) is 40.0. The zero-order valence-corrected chi connectivity index (χ0v) is 54.8. The number of ether oxygens (including phenoxy) is 1. The van der Waals surface area contributed by atoms with Crippen LogP contribution in [0, 0.1) is 0 Å². The van der Waals surface area contributed by atoms with Gasteiger partial charge in [-0.3, -0.25) is 9.59 Å². The highest BCUT2D eigenvalue weighted by molar-refractivity contribution is 5.76. The Kier molecular flexibility index (Phi) is 68.9. The minimum atomic E-state index is -0.842. The van der Waals surface area contributed by atoms with Gasteiger partial charge in [-0.05, 0) is 64.2 Å². The van der Waals surface area contributed by atoms with Gasteiger partial charge < -0.3 is 20.3 Å². The zero-order chi connectivity index (χ0) is 58.5. The van der Waals surface area contributed by atoms with Crippen molar-refractivity contribution in [3.8, 4) is 0 Å². The van der Waals surface area contributed by atoms with Crippen molar-refractivity contribution in [2.75, 3.05) is 13.2 Å². The lowest BCUT2D eigenvalue weighted by Crippen LogP contribution is -2.45. The SMILES string of the molecule is CCCCCCCCCCCCC/C=C/C(O)C(CO)NC(=O)CCCCCCCCCCCCCCCCCCC/C=C\C/C=C\CCCCCCCCCCCOC(=O)CCCCCCCCCCCCCCCCCCCC. The molecule has 0 rings (SSSR count). The van der Waals surface area contributed by atoms with Gasteiger partial charge in [-0.1, -0.05) is 365 Å². The van der Waals surface area contributed by atoms with Gasteiger partial charge in [0.2, 0.25) is 5.91 Å². The zero-order valence-electron chi connectivity index (χ0n) is 54.8. The number of allylic oxidation sites excluding steroid dienone is 5. The molecule has 0 radical (unpaired) electrons. The lowest BCUT2D eigenvalue weighted by Gasteiger charge is -2.20. The summed E-state index contributed by atoms with van der Waals surface area (Å²) in [4.78, 5) is 24.6. The number of rotatable bonds is 69. The molecule has 0 heterocycles. The second kappa shape index (κ2) is 70.6. The van der Waals surface area contributed by atoms with Crippen LogP contribution in [-0.2, 0) is 14.3 Å². The van der Waals surface area contributed by atoms with E-state index < -0.39 is 12.1 Å². The summed E-state index contributed by atoms with van der Waals surface area (Å²) in [5, 5.41) is 23.1. The molecule has 6 nitrogen and oxygen atoms in total. The quantitative estimate of drug-likeness (QED) is 0.0320. The van der Waals surface area contributed by atoms with Gasteiger partial charge in [0.15, 0.2) is 0 Å². The van der Waals surface area contributed by atoms with E-state index in [-0.39, 0.29) is 18.5 Å². The molecule has 1 amide bonds. The summed E-state index contributed by atoms with van der Waals surface area (Å²) in [5.74, 6) is -0.0459. The van der Waals surface area contributed by atoms with Crippen LogP contribution >= 0.6 is 0 Å². The summed E-state index contributed by atoms with van der Waals surface area (Å²) in [6, 6.07) is -0.626. The van der Waals surface area contributed by atoms with Crippen molar-refractivity contribution in [1.29, 1.82) is 0 Å². The summed E-state index contributed by atoms with van der Waals surface area (Å²) in [6.45, 7) is 4.93. The summed E-state index contributed by atoms with van der Waals surface area (Å²) in [7, 11) is 0. The third-order valence-electron chi connectivity index (χ3n) is 17.2. The summed E-state index contributed by atoms with van der Waals surface area (Å²) in [5.41, 5.74) is 0. The molecule has 2 atom stereocenters. The number of carbonyl (C=O) groups excluding carboxylic acids is 2. The molecule has 0 aliphatic carbocycles. The molecule has 0 aliphatic heterocycles. The van der Waals surface area contributed by atoms with Crippen molar-refractivity contribution in [3.63, 3.8) is 0 Å². The molecule has 0 aromatic carbocycles. The number of amides is 1. The molecule has 0 bridgehead atoms. The highest BCUT2D eigenvalue weighted by Crippen LogP contribution is 2.19. The fourth-order valence-corrected chi connectivity index (χ4v) is 11.6. The monoisotopic (exact) mass is 1140 g/mol. The van der Waals surface area contributed by atoms with Crippen molar-refractivity contribution < 1.29 is 24.5 Å². The van der Waals surface area contributed by atoms with E-state index in [1.165, 1.54) is 334 Å². The number of unbranched alkanes of at least 4 members (excludes halogenated alkanes) is 54. The molecule has 0 aromatic heterocycles. The summed E-state index contributed by atoms with van der Waals surface area (Å²) >= 11 is 0. The maximum atomic E-state index is 12.5. The molecule has 478 valence electrons. The van der Waals surface area contributed by atoms with Crippen LogP contribution in [-0.4, -0.2) is 47.4 Å². The van der Waals surface area contributed by atoms with Crippen LogP contribution in [0.15, 0.2) is 36.5 Å². The number of aliphatic hydroxyl groups is 2. The van der Waals surface area contributed by atoms with E-state index in [0.29, 0.717) is 19.4 Å². The van der Waals surface area contributed by atoms with Gasteiger partial charge in [-0.2, -0.15) is 0 Å². The van der Waals surface area contributed by atoms with Gasteiger partial charge in [-0.25, -0.2) is 0 Å². The highest BCUT2D eigenvalue weighted by atomic mass is 16.5. The van der Waals surface area contributed by atoms with E-state index in [4.69, 9.17) is 4.74 Å². The van der Waals surface area contributed by atoms with Gasteiger partial charge in [0.05, 0.1) is 25.4 Å². The third-order valence-corrected chi connectivity index (χ3v) is 17.2. The lowest BCUT2D eigenvalue weighted by atomic mass is 10.0. The van der Waals surface area contributed by atoms with E-state index in [2.05, 4.69) is 43.5 Å². The summed E-state index contributed by atoms with van der Waals surface area (Å²) < 4.78 is 5.51. The predicted octanol–water partition coefficient (Wildman–Crippen LogP) is 23.9. The first kappa shape index (κ1) is 79.1. The van der Waals surface area contributed by atoms with Crippen LogP contribution in [0.3, 0.4) is 0 Å². The fraction of sp³-hybridized carbons (Fsp3) is 0.893. The van der Waals surface area contributed by atoms with Crippen molar-refractivity contribution >= 4 is 11.9 Å². The minimum Gasteiger partial charge on any atom is -0.466 e. The molecule has 0 aromatic rings. The molecule has 0 spiro atoms. The Morgan fingerprint density at radius 3 is 0.938 bits per heavy atom. The van der Waals surface area contributed by atoms with Crippen LogP contribution < -0.4 is 5.32 Å². The third kappa shape index (κ3) is 67.1. The Balaban J connectivity index is 3.36. The number of carbonyl (C=O) groups is 2. The number of hydrogen-bond acceptors (Lipinski definition) is 5. The Hall–Kier alpha value is -1.92. The molecule has 2 unspecified atom stereocenters. The Morgan fingerprint density at radius 1 is 0.346 bits per heavy atom. The minimum absolute atomic E-state index is 0.0188. The smallest absolute Gasteiger partial charge is 0.305 e. The molecule has 81 heavy (non-hydrogen) atoms. The number of esters is 1. The van der Waals surface area contributed by atoms with E-state index >= 15 is 0 Å². The first-order valence-electron chi connectivity index (χ1n) is 36.8. The van der Waals surface area contributed by atoms with Gasteiger partial charge in [0.25, 0.3) is 0 Å². The van der Waals surface area contributed by atoms with Crippen LogP contribution in [0.1, 0.15) is 406 Å². The van der Waals surface area contributed by atoms with E-state index in [1.807, 2.05) is 6.08 Å². The average molecular weight is 1140 g/mol. The highest BCUT2D eigenvalue weighted by Gasteiger charge is 2.18. The van der Waals surface area contributed by atoms with Crippen LogP contribution in [0.25, 0.3) is 0 Å². The van der Waals surface area contributed by atoms with Crippen molar-refractivity contribution in [3.05, 3.63) is 36.5 Å². The summed E-state index contributed by atoms with van der Waals surface area (Å²) in [6.07, 6.45) is 91.0. The second-order valence-electron chi connectivity index (χ2n) is 25.3. The fourth-order valence-electron chi connectivity index (χ4n) is 11.6. The standard InChI is InChI=1S/C75H143NO5/c1-3-5-7-9-11-13-15-17-18-19-38-41-45-49-53-57-61-65-69-75(80)81-70-66-62-58-54-50-46-42-39-36-34-32-30-28-26-24-22-20-21-23-25-27-29-31-33-35-37-40-44-48-52-56-60-64-68-74(79)76-72(71-77)73(78)67-63-59-55-51-47-43-16-14-12-10-8-6-4-2/h24,26,30,32,63,67,72-73,77-78H,3-23,25,27-29,31,33-62,64-66,68-71H2,1-2H3,(H,76,79)/b26-24-,32-30-,67-63+. The average Bonchev–Trinajstić information content (AvgIpc) is 3.47. The van der Waals surface area contributed by atoms with Gasteiger partial charge in [0, 0.05) is 12.8 Å². The number of aliphatic hydroxyl groups excluding tert-OH is 2.